The fraction of sp³-hybridized carbons (Fsp3) is 0.0238. The molecule has 45 heavy (non-hydrogen) atoms. The van der Waals surface area contributed by atoms with E-state index in [0.29, 0.717) is 17.5 Å². The number of rotatable bonds is 7. The average molecular weight is 578 g/mol. The minimum Gasteiger partial charge on any atom is -0.208 e. The van der Waals surface area contributed by atoms with E-state index >= 15 is 0 Å². The van der Waals surface area contributed by atoms with E-state index in [0.717, 1.165) is 60.9 Å². The predicted octanol–water partition coefficient (Wildman–Crippen LogP) is 10.8. The van der Waals surface area contributed by atoms with Crippen molar-refractivity contribution in [2.45, 2.75) is 6.92 Å². The third-order valence-electron chi connectivity index (χ3n) is 8.09. The van der Waals surface area contributed by atoms with Gasteiger partial charge in [-0.25, -0.2) is 15.0 Å². The maximum absolute atomic E-state index is 5.07. The maximum atomic E-state index is 5.07. The summed E-state index contributed by atoms with van der Waals surface area (Å²) in [6.45, 7) is 6.49. The largest absolute Gasteiger partial charge is 0.208 e. The van der Waals surface area contributed by atoms with Gasteiger partial charge in [-0.2, -0.15) is 0 Å². The predicted molar refractivity (Wildman–Crippen MR) is 188 cm³/mol. The molecule has 3 nitrogen and oxygen atoms in total. The van der Waals surface area contributed by atoms with Crippen molar-refractivity contribution in [3.8, 4) is 45.3 Å². The lowest BCUT2D eigenvalue weighted by molar-refractivity contribution is 1.07. The summed E-state index contributed by atoms with van der Waals surface area (Å²) in [5.74, 6) is 1.93. The quantitative estimate of drug-likeness (QED) is 0.177. The third-order valence-corrected chi connectivity index (χ3v) is 8.09. The Kier molecular flexibility index (Phi) is 7.65. The van der Waals surface area contributed by atoms with Crippen molar-refractivity contribution in [1.29, 1.82) is 0 Å². The summed E-state index contributed by atoms with van der Waals surface area (Å²) in [5.41, 5.74) is 9.39. The van der Waals surface area contributed by atoms with Crippen molar-refractivity contribution in [1.82, 2.24) is 15.0 Å². The summed E-state index contributed by atoms with van der Waals surface area (Å²) in [6.07, 6.45) is 2.13. The van der Waals surface area contributed by atoms with Gasteiger partial charge in [-0.15, -0.1) is 0 Å². The molecule has 0 aliphatic rings. The highest BCUT2D eigenvalue weighted by Crippen LogP contribution is 2.39. The number of hydrogen-bond acceptors (Lipinski definition) is 3. The molecule has 0 amide bonds. The SMILES string of the molecule is C=C(/C(=C\C)c1ccc(-c2c(-c3nc(-c4ccccc4)nc(-c4ccccc4)n3)ccc3ccccc23)cc1)c1ccccc1. The number of aromatic nitrogens is 3. The van der Waals surface area contributed by atoms with Crippen LogP contribution in [0, 0.1) is 0 Å². The van der Waals surface area contributed by atoms with Crippen LogP contribution in [-0.4, -0.2) is 15.0 Å². The Morgan fingerprint density at radius 3 is 1.62 bits per heavy atom. The summed E-state index contributed by atoms with van der Waals surface area (Å²) in [4.78, 5) is 15.0. The molecule has 214 valence electrons. The van der Waals surface area contributed by atoms with E-state index in [1.807, 2.05) is 78.9 Å². The van der Waals surface area contributed by atoms with Gasteiger partial charge in [-0.05, 0) is 51.6 Å². The van der Waals surface area contributed by atoms with Crippen LogP contribution in [0.3, 0.4) is 0 Å². The van der Waals surface area contributed by atoms with Crippen LogP contribution in [0.1, 0.15) is 18.1 Å². The molecule has 0 bridgehead atoms. The van der Waals surface area contributed by atoms with Crippen molar-refractivity contribution >= 4 is 21.9 Å². The van der Waals surface area contributed by atoms with Crippen LogP contribution >= 0.6 is 0 Å². The van der Waals surface area contributed by atoms with Gasteiger partial charge in [0.1, 0.15) is 0 Å². The second kappa shape index (κ2) is 12.4. The van der Waals surface area contributed by atoms with Crippen molar-refractivity contribution in [3.05, 3.63) is 175 Å². The lowest BCUT2D eigenvalue weighted by Gasteiger charge is -2.16. The Morgan fingerprint density at radius 1 is 0.489 bits per heavy atom. The lowest BCUT2D eigenvalue weighted by atomic mass is 9.89. The zero-order valence-electron chi connectivity index (χ0n) is 25.1. The molecule has 0 radical (unpaired) electrons. The van der Waals surface area contributed by atoms with E-state index in [-0.39, 0.29) is 0 Å². The Bertz CT molecular complexity index is 2090. The van der Waals surface area contributed by atoms with Crippen LogP contribution in [0.25, 0.3) is 67.2 Å². The molecule has 6 aromatic carbocycles. The molecule has 0 fully saturated rings. The molecule has 0 saturated heterocycles. The van der Waals surface area contributed by atoms with Crippen molar-refractivity contribution in [3.63, 3.8) is 0 Å². The summed E-state index contributed by atoms with van der Waals surface area (Å²) < 4.78 is 0. The summed E-state index contributed by atoms with van der Waals surface area (Å²) >= 11 is 0. The Morgan fingerprint density at radius 2 is 1.02 bits per heavy atom. The summed E-state index contributed by atoms with van der Waals surface area (Å²) in [6, 6.07) is 52.1. The number of benzene rings is 6. The van der Waals surface area contributed by atoms with Crippen LogP contribution in [0.15, 0.2) is 164 Å². The van der Waals surface area contributed by atoms with Gasteiger partial charge in [0.2, 0.25) is 0 Å². The molecule has 0 atom stereocenters. The number of allylic oxidation sites excluding steroid dienone is 3. The van der Waals surface area contributed by atoms with E-state index in [1.165, 1.54) is 0 Å². The number of hydrogen-bond donors (Lipinski definition) is 0. The van der Waals surface area contributed by atoms with Gasteiger partial charge in [0, 0.05) is 22.3 Å². The van der Waals surface area contributed by atoms with Crippen molar-refractivity contribution in [2.75, 3.05) is 0 Å². The number of fused-ring (bicyclic) bond motifs is 1. The van der Waals surface area contributed by atoms with E-state index in [9.17, 15) is 0 Å². The molecule has 0 unspecified atom stereocenters. The lowest BCUT2D eigenvalue weighted by Crippen LogP contribution is -2.01. The van der Waals surface area contributed by atoms with Gasteiger partial charge in [0.15, 0.2) is 17.5 Å². The van der Waals surface area contributed by atoms with Crippen LogP contribution < -0.4 is 0 Å². The molecule has 7 rings (SSSR count). The Hall–Kier alpha value is -5.93. The first kappa shape index (κ1) is 27.9. The molecular weight excluding hydrogens is 546 g/mol. The smallest absolute Gasteiger partial charge is 0.164 e. The second-order valence-electron chi connectivity index (χ2n) is 10.9. The van der Waals surface area contributed by atoms with Gasteiger partial charge in [0.25, 0.3) is 0 Å². The standard InChI is InChI=1S/C42H31N3/c1-3-36(29(2)30-15-7-4-8-16-30)32-23-25-33(26-24-32)39-37-22-14-13-17-31(37)27-28-38(39)42-44-40(34-18-9-5-10-19-34)43-41(45-42)35-20-11-6-12-21-35/h3-28H,2H2,1H3/b36-3+. The molecule has 1 aromatic heterocycles. The molecule has 0 saturated carbocycles. The number of nitrogens with zero attached hydrogens (tertiary/aromatic N) is 3. The summed E-state index contributed by atoms with van der Waals surface area (Å²) in [7, 11) is 0. The van der Waals surface area contributed by atoms with Gasteiger partial charge >= 0.3 is 0 Å². The third kappa shape index (κ3) is 5.60. The van der Waals surface area contributed by atoms with Crippen LogP contribution in [0.5, 0.6) is 0 Å². The minimum atomic E-state index is 0.638. The molecule has 3 heteroatoms. The highest BCUT2D eigenvalue weighted by molar-refractivity contribution is 6.06. The zero-order valence-corrected chi connectivity index (χ0v) is 25.1. The van der Waals surface area contributed by atoms with Crippen LogP contribution in [0.4, 0.5) is 0 Å². The first-order valence-corrected chi connectivity index (χ1v) is 15.1. The minimum absolute atomic E-state index is 0.638. The molecule has 0 spiro atoms. The molecule has 7 aromatic rings. The fourth-order valence-corrected chi connectivity index (χ4v) is 5.82. The fourth-order valence-electron chi connectivity index (χ4n) is 5.82. The highest BCUT2D eigenvalue weighted by Gasteiger charge is 2.18. The first-order valence-electron chi connectivity index (χ1n) is 15.1. The maximum Gasteiger partial charge on any atom is 0.164 e. The average Bonchev–Trinajstić information content (AvgIpc) is 3.12. The van der Waals surface area contributed by atoms with Gasteiger partial charge in [-0.3, -0.25) is 0 Å². The molecule has 0 N–H and O–H groups in total. The molecule has 1 heterocycles. The van der Waals surface area contributed by atoms with E-state index in [4.69, 9.17) is 15.0 Å². The van der Waals surface area contributed by atoms with Gasteiger partial charge < -0.3 is 0 Å². The van der Waals surface area contributed by atoms with E-state index in [2.05, 4.69) is 92.4 Å². The Balaban J connectivity index is 1.39. The van der Waals surface area contributed by atoms with Crippen LogP contribution in [-0.2, 0) is 0 Å². The van der Waals surface area contributed by atoms with Crippen molar-refractivity contribution in [2.24, 2.45) is 0 Å². The Labute approximate surface area is 264 Å². The van der Waals surface area contributed by atoms with Crippen LogP contribution in [0.2, 0.25) is 0 Å². The second-order valence-corrected chi connectivity index (χ2v) is 10.9. The molecule has 0 aliphatic carbocycles. The normalized spacial score (nSPS) is 11.4. The molecule has 0 aliphatic heterocycles. The van der Waals surface area contributed by atoms with Gasteiger partial charge in [-0.1, -0.05) is 158 Å². The molecular formula is C42H31N3. The topological polar surface area (TPSA) is 38.7 Å². The van der Waals surface area contributed by atoms with Gasteiger partial charge in [0.05, 0.1) is 0 Å². The van der Waals surface area contributed by atoms with Crippen molar-refractivity contribution < 1.29 is 0 Å². The highest BCUT2D eigenvalue weighted by atomic mass is 15.0. The zero-order chi connectivity index (χ0) is 30.6. The monoisotopic (exact) mass is 577 g/mol. The van der Waals surface area contributed by atoms with E-state index in [1.54, 1.807) is 0 Å². The first-order chi connectivity index (χ1) is 22.2. The van der Waals surface area contributed by atoms with E-state index < -0.39 is 0 Å². The summed E-state index contributed by atoms with van der Waals surface area (Å²) in [5, 5.41) is 2.30.